The second kappa shape index (κ2) is 9.55. The summed E-state index contributed by atoms with van der Waals surface area (Å²) in [5.41, 5.74) is 2.56. The van der Waals surface area contributed by atoms with Gasteiger partial charge in [0.05, 0.1) is 5.92 Å². The van der Waals surface area contributed by atoms with Crippen LogP contribution in [-0.4, -0.2) is 29.1 Å². The molecule has 7 heteroatoms. The molecule has 28 heavy (non-hydrogen) atoms. The van der Waals surface area contributed by atoms with Gasteiger partial charge in [0.25, 0.3) is 5.91 Å². The zero-order valence-electron chi connectivity index (χ0n) is 16.2. The molecule has 3 amide bonds. The topological polar surface area (TPSA) is 108 Å². The lowest BCUT2D eigenvalue weighted by atomic mass is 10.0. The highest BCUT2D eigenvalue weighted by molar-refractivity contribution is 6.04. The molecule has 2 rings (SSSR count). The third-order valence-corrected chi connectivity index (χ3v) is 4.00. The van der Waals surface area contributed by atoms with E-state index in [1.54, 1.807) is 55.5 Å². The van der Waals surface area contributed by atoms with Crippen LogP contribution in [0.5, 0.6) is 0 Å². The lowest BCUT2D eigenvalue weighted by Crippen LogP contribution is -2.34. The van der Waals surface area contributed by atoms with Crippen LogP contribution in [0.2, 0.25) is 0 Å². The summed E-state index contributed by atoms with van der Waals surface area (Å²) >= 11 is 0. The van der Waals surface area contributed by atoms with Crippen LogP contribution in [0.4, 0.5) is 16.2 Å². The van der Waals surface area contributed by atoms with Crippen molar-refractivity contribution >= 4 is 29.3 Å². The Morgan fingerprint density at radius 3 is 1.93 bits per heavy atom. The first-order valence-electron chi connectivity index (χ1n) is 9.05. The maximum Gasteiger partial charge on any atom is 0.319 e. The number of aliphatic carboxylic acids is 1. The van der Waals surface area contributed by atoms with E-state index in [-0.39, 0.29) is 18.0 Å². The first-order valence-corrected chi connectivity index (χ1v) is 9.05. The van der Waals surface area contributed by atoms with Crippen molar-refractivity contribution in [2.45, 2.75) is 33.2 Å². The molecule has 1 atom stereocenters. The molecule has 4 N–H and O–H groups in total. The molecule has 148 valence electrons. The van der Waals surface area contributed by atoms with Crippen LogP contribution in [0, 0.1) is 5.92 Å². The van der Waals surface area contributed by atoms with Crippen molar-refractivity contribution < 1.29 is 19.5 Å². The Kier molecular flexibility index (Phi) is 7.14. The molecule has 7 nitrogen and oxygen atoms in total. The van der Waals surface area contributed by atoms with E-state index in [1.165, 1.54) is 0 Å². The average Bonchev–Trinajstić information content (AvgIpc) is 2.63. The van der Waals surface area contributed by atoms with E-state index >= 15 is 0 Å². The van der Waals surface area contributed by atoms with Gasteiger partial charge in [-0.2, -0.15) is 0 Å². The summed E-state index contributed by atoms with van der Waals surface area (Å²) in [6, 6.07) is 13.4. The van der Waals surface area contributed by atoms with Gasteiger partial charge in [0.15, 0.2) is 0 Å². The summed E-state index contributed by atoms with van der Waals surface area (Å²) in [5.74, 6) is -1.57. The molecule has 0 saturated carbocycles. The first-order chi connectivity index (χ1) is 13.2. The van der Waals surface area contributed by atoms with Crippen molar-refractivity contribution in [2.24, 2.45) is 5.92 Å². The van der Waals surface area contributed by atoms with Crippen molar-refractivity contribution in [3.05, 3.63) is 59.7 Å². The monoisotopic (exact) mass is 383 g/mol. The van der Waals surface area contributed by atoms with Crippen molar-refractivity contribution in [2.75, 3.05) is 10.6 Å². The van der Waals surface area contributed by atoms with E-state index in [9.17, 15) is 14.4 Å². The van der Waals surface area contributed by atoms with Gasteiger partial charge in [-0.15, -0.1) is 0 Å². The fourth-order valence-corrected chi connectivity index (χ4v) is 2.50. The van der Waals surface area contributed by atoms with E-state index in [1.807, 2.05) is 13.8 Å². The largest absolute Gasteiger partial charge is 0.481 e. The van der Waals surface area contributed by atoms with Crippen LogP contribution in [0.3, 0.4) is 0 Å². The fourth-order valence-electron chi connectivity index (χ4n) is 2.50. The highest BCUT2D eigenvalue weighted by Gasteiger charge is 2.12. The third-order valence-electron chi connectivity index (χ3n) is 4.00. The molecule has 2 aromatic rings. The number of benzene rings is 2. The van der Waals surface area contributed by atoms with Gasteiger partial charge in [0.2, 0.25) is 0 Å². The number of nitrogens with one attached hydrogen (secondary N) is 3. The number of hydrogen-bond donors (Lipinski definition) is 4. The van der Waals surface area contributed by atoms with Gasteiger partial charge in [-0.1, -0.05) is 19.1 Å². The zero-order valence-corrected chi connectivity index (χ0v) is 16.2. The molecule has 1 unspecified atom stereocenters. The molecular formula is C21H25N3O4. The number of carbonyl (C=O) groups excluding carboxylic acids is 2. The first kappa shape index (κ1) is 21.0. The molecule has 0 fully saturated rings. The van der Waals surface area contributed by atoms with E-state index in [4.69, 9.17) is 5.11 Å². The van der Waals surface area contributed by atoms with Crippen molar-refractivity contribution in [1.29, 1.82) is 0 Å². The number of anilines is 2. The standard InChI is InChI=1S/C21H25N3O4/c1-13(2)22-21(28)24-18-10-6-16(7-11-18)19(25)23-17-8-4-15(5-9-17)12-14(3)20(26)27/h4-11,13-14H,12H2,1-3H3,(H,23,25)(H,26,27)(H2,22,24,28). The summed E-state index contributed by atoms with van der Waals surface area (Å²) < 4.78 is 0. The number of rotatable bonds is 7. The predicted octanol–water partition coefficient (Wildman–Crippen LogP) is 3.73. The Hall–Kier alpha value is -3.35. The number of hydrogen-bond acceptors (Lipinski definition) is 3. The summed E-state index contributed by atoms with van der Waals surface area (Å²) in [6.07, 6.45) is 0.433. The Morgan fingerprint density at radius 1 is 0.857 bits per heavy atom. The molecule has 0 heterocycles. The third kappa shape index (κ3) is 6.42. The second-order valence-electron chi connectivity index (χ2n) is 6.92. The van der Waals surface area contributed by atoms with E-state index in [2.05, 4.69) is 16.0 Å². The molecule has 0 aliphatic heterocycles. The highest BCUT2D eigenvalue weighted by atomic mass is 16.4. The Bertz CT molecular complexity index is 830. The second-order valence-corrected chi connectivity index (χ2v) is 6.92. The van der Waals surface area contributed by atoms with Gasteiger partial charge in [-0.25, -0.2) is 4.79 Å². The van der Waals surface area contributed by atoms with Crippen molar-refractivity contribution in [3.63, 3.8) is 0 Å². The smallest absolute Gasteiger partial charge is 0.319 e. The maximum atomic E-state index is 12.4. The maximum absolute atomic E-state index is 12.4. The van der Waals surface area contributed by atoms with Crippen molar-refractivity contribution in [1.82, 2.24) is 5.32 Å². The molecular weight excluding hydrogens is 358 g/mol. The zero-order chi connectivity index (χ0) is 20.7. The summed E-state index contributed by atoms with van der Waals surface area (Å²) in [6.45, 7) is 5.39. The van der Waals surface area contributed by atoms with E-state index in [0.717, 1.165) is 5.56 Å². The lowest BCUT2D eigenvalue weighted by molar-refractivity contribution is -0.141. The Labute approximate surface area is 164 Å². The van der Waals surface area contributed by atoms with Crippen LogP contribution in [-0.2, 0) is 11.2 Å². The van der Waals surface area contributed by atoms with Crippen molar-refractivity contribution in [3.8, 4) is 0 Å². The Morgan fingerprint density at radius 2 is 1.39 bits per heavy atom. The average molecular weight is 383 g/mol. The molecule has 0 aliphatic rings. The van der Waals surface area contributed by atoms with Crippen LogP contribution in [0.25, 0.3) is 0 Å². The molecule has 0 saturated heterocycles. The quantitative estimate of drug-likeness (QED) is 0.584. The van der Waals surface area contributed by atoms with Crippen LogP contribution in [0.1, 0.15) is 36.7 Å². The minimum Gasteiger partial charge on any atom is -0.481 e. The SMILES string of the molecule is CC(C)NC(=O)Nc1ccc(C(=O)Nc2ccc(CC(C)C(=O)O)cc2)cc1. The fraction of sp³-hybridized carbons (Fsp3) is 0.286. The Balaban J connectivity index is 1.93. The molecule has 0 aromatic heterocycles. The highest BCUT2D eigenvalue weighted by Crippen LogP contribution is 2.16. The lowest BCUT2D eigenvalue weighted by Gasteiger charge is -2.11. The number of carboxylic acid groups (broad SMARTS) is 1. The molecule has 2 aromatic carbocycles. The minimum absolute atomic E-state index is 0.0313. The molecule has 0 spiro atoms. The number of urea groups is 1. The van der Waals surface area contributed by atoms with Gasteiger partial charge < -0.3 is 21.1 Å². The van der Waals surface area contributed by atoms with E-state index in [0.29, 0.717) is 23.4 Å². The van der Waals surface area contributed by atoms with Gasteiger partial charge in [-0.3, -0.25) is 9.59 Å². The van der Waals surface area contributed by atoms with Crippen LogP contribution in [0.15, 0.2) is 48.5 Å². The van der Waals surface area contributed by atoms with Gasteiger partial charge in [0, 0.05) is 23.0 Å². The predicted molar refractivity (Wildman–Crippen MR) is 109 cm³/mol. The minimum atomic E-state index is -0.836. The van der Waals surface area contributed by atoms with Crippen LogP contribution >= 0.6 is 0 Å². The number of amides is 3. The van der Waals surface area contributed by atoms with Gasteiger partial charge >= 0.3 is 12.0 Å². The summed E-state index contributed by atoms with van der Waals surface area (Å²) in [4.78, 5) is 35.0. The molecule has 0 radical (unpaired) electrons. The number of carboxylic acids is 1. The molecule has 0 bridgehead atoms. The number of carbonyl (C=O) groups is 3. The summed E-state index contributed by atoms with van der Waals surface area (Å²) in [5, 5.41) is 17.2. The van der Waals surface area contributed by atoms with Crippen LogP contribution < -0.4 is 16.0 Å². The normalized spacial score (nSPS) is 11.6. The van der Waals surface area contributed by atoms with Gasteiger partial charge in [0.1, 0.15) is 0 Å². The molecule has 0 aliphatic carbocycles. The summed E-state index contributed by atoms with van der Waals surface area (Å²) in [7, 11) is 0. The van der Waals surface area contributed by atoms with E-state index < -0.39 is 11.9 Å². The van der Waals surface area contributed by atoms with Gasteiger partial charge in [-0.05, 0) is 62.2 Å².